The maximum atomic E-state index is 11.4. The molecule has 0 atom stereocenters. The quantitative estimate of drug-likeness (QED) is 0.913. The van der Waals surface area contributed by atoms with Gasteiger partial charge in [-0.05, 0) is 47.3 Å². The van der Waals surface area contributed by atoms with Gasteiger partial charge in [-0.2, -0.15) is 0 Å². The maximum absolute atomic E-state index is 11.4. The van der Waals surface area contributed by atoms with Gasteiger partial charge in [0.2, 0.25) is 5.91 Å². The highest BCUT2D eigenvalue weighted by atomic mass is 79.9. The Morgan fingerprint density at radius 3 is 3.07 bits per heavy atom. The predicted molar refractivity (Wildman–Crippen MR) is 61.2 cm³/mol. The lowest BCUT2D eigenvalue weighted by molar-refractivity contribution is -0.122. The fourth-order valence-electron chi connectivity index (χ4n) is 1.40. The molecule has 1 aliphatic rings. The minimum absolute atomic E-state index is 0.175. The molecule has 0 spiro atoms. The number of nitrogens with zero attached hydrogens (tertiary/aromatic N) is 1. The second-order valence-electron chi connectivity index (χ2n) is 3.89. The summed E-state index contributed by atoms with van der Waals surface area (Å²) in [7, 11) is 0. The molecule has 3 nitrogen and oxygen atoms in total. The summed E-state index contributed by atoms with van der Waals surface area (Å²) in [6, 6.07) is 2.00. The monoisotopic (exact) mass is 268 g/mol. The summed E-state index contributed by atoms with van der Waals surface area (Å²) >= 11 is 3.37. The van der Waals surface area contributed by atoms with Gasteiger partial charge in [0.05, 0.1) is 0 Å². The lowest BCUT2D eigenvalue weighted by Gasteiger charge is -2.07. The summed E-state index contributed by atoms with van der Waals surface area (Å²) in [5.74, 6) is 0.444. The number of carbonyl (C=O) groups excluding carboxylic acids is 1. The normalized spacial score (nSPS) is 15.1. The molecule has 1 heterocycles. The molecule has 15 heavy (non-hydrogen) atoms. The first kappa shape index (κ1) is 10.6. The van der Waals surface area contributed by atoms with Gasteiger partial charge in [0.15, 0.2) is 0 Å². The lowest BCUT2D eigenvalue weighted by Crippen LogP contribution is -2.24. The van der Waals surface area contributed by atoms with Crippen LogP contribution in [0.15, 0.2) is 16.7 Å². The van der Waals surface area contributed by atoms with E-state index in [9.17, 15) is 4.79 Å². The molecule has 1 saturated carbocycles. The molecule has 1 N–H and O–H groups in total. The second-order valence-corrected chi connectivity index (χ2v) is 4.81. The van der Waals surface area contributed by atoms with Crippen LogP contribution >= 0.6 is 15.9 Å². The molecule has 1 aromatic rings. The van der Waals surface area contributed by atoms with Crippen molar-refractivity contribution in [2.75, 3.05) is 0 Å². The molecule has 1 amide bonds. The average molecular weight is 269 g/mol. The first-order valence-electron chi connectivity index (χ1n) is 5.05. The lowest BCUT2D eigenvalue weighted by atomic mass is 10.2. The zero-order chi connectivity index (χ0) is 10.8. The number of amides is 1. The molecule has 0 saturated heterocycles. The fraction of sp³-hybridized carbons (Fsp3) is 0.455. The van der Waals surface area contributed by atoms with Crippen molar-refractivity contribution in [2.45, 2.75) is 26.3 Å². The van der Waals surface area contributed by atoms with E-state index in [-0.39, 0.29) is 11.8 Å². The Morgan fingerprint density at radius 2 is 2.40 bits per heavy atom. The largest absolute Gasteiger partial charge is 0.352 e. The van der Waals surface area contributed by atoms with Crippen molar-refractivity contribution >= 4 is 21.8 Å². The number of halogens is 1. The Hall–Kier alpha value is -0.900. The SMILES string of the molecule is Cc1ncc(Br)cc1CNC(=O)C1CC1. The fourth-order valence-corrected chi connectivity index (χ4v) is 1.78. The first-order chi connectivity index (χ1) is 7.16. The van der Waals surface area contributed by atoms with Crippen LogP contribution in [-0.2, 0) is 11.3 Å². The van der Waals surface area contributed by atoms with Crippen LogP contribution in [0.5, 0.6) is 0 Å². The van der Waals surface area contributed by atoms with Gasteiger partial charge < -0.3 is 5.32 Å². The number of pyridine rings is 1. The molecule has 0 radical (unpaired) electrons. The standard InChI is InChI=1S/C11H13BrN2O/c1-7-9(4-10(12)6-13-7)5-14-11(15)8-2-3-8/h4,6,8H,2-3,5H2,1H3,(H,14,15). The number of rotatable bonds is 3. The molecule has 1 aliphatic carbocycles. The Balaban J connectivity index is 1.97. The van der Waals surface area contributed by atoms with Crippen molar-refractivity contribution in [3.63, 3.8) is 0 Å². The van der Waals surface area contributed by atoms with Gasteiger partial charge in [-0.1, -0.05) is 0 Å². The number of carbonyl (C=O) groups is 1. The van der Waals surface area contributed by atoms with Gasteiger partial charge in [-0.3, -0.25) is 9.78 Å². The van der Waals surface area contributed by atoms with Gasteiger partial charge in [0.1, 0.15) is 0 Å². The van der Waals surface area contributed by atoms with Crippen molar-refractivity contribution < 1.29 is 4.79 Å². The molecule has 80 valence electrons. The number of nitrogens with one attached hydrogen (secondary N) is 1. The number of hydrogen-bond acceptors (Lipinski definition) is 2. The second kappa shape index (κ2) is 4.31. The van der Waals surface area contributed by atoms with Crippen LogP contribution in [0.2, 0.25) is 0 Å². The summed E-state index contributed by atoms with van der Waals surface area (Å²) in [4.78, 5) is 15.7. The van der Waals surface area contributed by atoms with E-state index in [1.54, 1.807) is 6.20 Å². The zero-order valence-electron chi connectivity index (χ0n) is 8.59. The Labute approximate surface area is 97.4 Å². The Morgan fingerprint density at radius 1 is 1.67 bits per heavy atom. The van der Waals surface area contributed by atoms with Crippen LogP contribution < -0.4 is 5.32 Å². The van der Waals surface area contributed by atoms with Crippen molar-refractivity contribution in [1.29, 1.82) is 0 Å². The number of hydrogen-bond donors (Lipinski definition) is 1. The first-order valence-corrected chi connectivity index (χ1v) is 5.85. The Bertz CT molecular complexity index is 388. The minimum Gasteiger partial charge on any atom is -0.352 e. The Kier molecular flexibility index (Phi) is 3.05. The summed E-state index contributed by atoms with van der Waals surface area (Å²) in [5.41, 5.74) is 2.03. The van der Waals surface area contributed by atoms with E-state index in [1.807, 2.05) is 13.0 Å². The van der Waals surface area contributed by atoms with Crippen LogP contribution in [0.4, 0.5) is 0 Å². The van der Waals surface area contributed by atoms with Gasteiger partial charge in [0.25, 0.3) is 0 Å². The van der Waals surface area contributed by atoms with Gasteiger partial charge in [-0.15, -0.1) is 0 Å². The average Bonchev–Trinajstić information content (AvgIpc) is 3.02. The van der Waals surface area contributed by atoms with E-state index in [0.717, 1.165) is 28.6 Å². The van der Waals surface area contributed by atoms with E-state index in [1.165, 1.54) is 0 Å². The molecule has 2 rings (SSSR count). The highest BCUT2D eigenvalue weighted by Crippen LogP contribution is 2.28. The highest BCUT2D eigenvalue weighted by Gasteiger charge is 2.29. The molecule has 4 heteroatoms. The van der Waals surface area contributed by atoms with E-state index < -0.39 is 0 Å². The summed E-state index contributed by atoms with van der Waals surface area (Å²) in [5, 5.41) is 2.93. The number of aryl methyl sites for hydroxylation is 1. The van der Waals surface area contributed by atoms with Crippen LogP contribution in [0.1, 0.15) is 24.1 Å². The van der Waals surface area contributed by atoms with Gasteiger partial charge >= 0.3 is 0 Å². The number of aromatic nitrogens is 1. The van der Waals surface area contributed by atoms with Crippen molar-refractivity contribution in [3.05, 3.63) is 28.0 Å². The topological polar surface area (TPSA) is 42.0 Å². The molecule has 0 unspecified atom stereocenters. The van der Waals surface area contributed by atoms with E-state index in [2.05, 4.69) is 26.2 Å². The van der Waals surface area contributed by atoms with Gasteiger partial charge in [0, 0.05) is 28.8 Å². The van der Waals surface area contributed by atoms with Gasteiger partial charge in [-0.25, -0.2) is 0 Å². The van der Waals surface area contributed by atoms with Crippen LogP contribution in [0.25, 0.3) is 0 Å². The molecule has 1 fully saturated rings. The van der Waals surface area contributed by atoms with Crippen LogP contribution in [0, 0.1) is 12.8 Å². The molecule has 1 aromatic heterocycles. The summed E-state index contributed by atoms with van der Waals surface area (Å²) < 4.78 is 0.948. The highest BCUT2D eigenvalue weighted by molar-refractivity contribution is 9.10. The smallest absolute Gasteiger partial charge is 0.223 e. The molecule has 0 aliphatic heterocycles. The third kappa shape index (κ3) is 2.78. The molecular formula is C11H13BrN2O. The summed E-state index contributed by atoms with van der Waals surface area (Å²) in [6.07, 6.45) is 3.85. The summed E-state index contributed by atoms with van der Waals surface area (Å²) in [6.45, 7) is 2.53. The third-order valence-electron chi connectivity index (χ3n) is 2.56. The molecular weight excluding hydrogens is 256 g/mol. The van der Waals surface area contributed by atoms with Crippen LogP contribution in [-0.4, -0.2) is 10.9 Å². The van der Waals surface area contributed by atoms with E-state index in [0.29, 0.717) is 6.54 Å². The van der Waals surface area contributed by atoms with Crippen LogP contribution in [0.3, 0.4) is 0 Å². The van der Waals surface area contributed by atoms with Crippen molar-refractivity contribution in [1.82, 2.24) is 10.3 Å². The molecule has 0 aromatic carbocycles. The third-order valence-corrected chi connectivity index (χ3v) is 2.99. The molecule has 0 bridgehead atoms. The maximum Gasteiger partial charge on any atom is 0.223 e. The minimum atomic E-state index is 0.175. The predicted octanol–water partition coefficient (Wildman–Crippen LogP) is 2.18. The van der Waals surface area contributed by atoms with E-state index in [4.69, 9.17) is 0 Å². The zero-order valence-corrected chi connectivity index (χ0v) is 10.2. The van der Waals surface area contributed by atoms with Crippen molar-refractivity contribution in [3.8, 4) is 0 Å². The van der Waals surface area contributed by atoms with E-state index >= 15 is 0 Å². The van der Waals surface area contributed by atoms with Crippen molar-refractivity contribution in [2.24, 2.45) is 5.92 Å².